The van der Waals surface area contributed by atoms with Gasteiger partial charge in [-0.15, -0.1) is 0 Å². The summed E-state index contributed by atoms with van der Waals surface area (Å²) in [6.07, 6.45) is 8.45. The van der Waals surface area contributed by atoms with Gasteiger partial charge in [0, 0.05) is 54.9 Å². The van der Waals surface area contributed by atoms with Crippen LogP contribution in [0.5, 0.6) is 0 Å². The van der Waals surface area contributed by atoms with Crippen LogP contribution in [-0.2, 0) is 19.5 Å². The number of hydrogen-bond donors (Lipinski definition) is 0. The molecule has 0 saturated heterocycles. The Hall–Kier alpha value is -3.98. The molecule has 1 aliphatic heterocycles. The standard InChI is InChI=1S/C25H22N6/c1-18-9-20(11-26)12-28-25(18)30-8-7-24-22(16-30)10-21(13-27-24)23-14-29-31(17-23)15-19-5-3-2-4-6-19/h2-6,9-10,12-14,17H,7-8,15-16H2,1H3. The molecule has 0 radical (unpaired) electrons. The van der Waals surface area contributed by atoms with Crippen molar-refractivity contribution in [3.63, 3.8) is 0 Å². The van der Waals surface area contributed by atoms with Gasteiger partial charge in [0.25, 0.3) is 0 Å². The summed E-state index contributed by atoms with van der Waals surface area (Å²) in [4.78, 5) is 11.5. The topological polar surface area (TPSA) is 70.6 Å². The maximum atomic E-state index is 9.10. The molecule has 5 rings (SSSR count). The third kappa shape index (κ3) is 3.90. The van der Waals surface area contributed by atoms with Crippen LogP contribution in [0.2, 0.25) is 0 Å². The molecule has 0 saturated carbocycles. The van der Waals surface area contributed by atoms with Crippen molar-refractivity contribution < 1.29 is 0 Å². The van der Waals surface area contributed by atoms with Crippen LogP contribution < -0.4 is 4.90 Å². The maximum absolute atomic E-state index is 9.10. The van der Waals surface area contributed by atoms with Crippen molar-refractivity contribution in [2.75, 3.05) is 11.4 Å². The fraction of sp³-hybridized carbons (Fsp3) is 0.200. The van der Waals surface area contributed by atoms with Crippen LogP contribution in [0.4, 0.5) is 5.82 Å². The lowest BCUT2D eigenvalue weighted by atomic mass is 10.0. The highest BCUT2D eigenvalue weighted by Gasteiger charge is 2.21. The zero-order valence-corrected chi connectivity index (χ0v) is 17.4. The number of nitrogens with zero attached hydrogens (tertiary/aromatic N) is 6. The number of aromatic nitrogens is 4. The number of rotatable bonds is 4. The fourth-order valence-corrected chi connectivity index (χ4v) is 4.09. The number of benzene rings is 1. The second-order valence-corrected chi connectivity index (χ2v) is 7.89. The molecule has 6 heteroatoms. The smallest absolute Gasteiger partial charge is 0.131 e. The van der Waals surface area contributed by atoms with Crippen molar-refractivity contribution in [3.05, 3.63) is 95.2 Å². The molecule has 0 bridgehead atoms. The Balaban J connectivity index is 1.38. The van der Waals surface area contributed by atoms with Crippen LogP contribution in [-0.4, -0.2) is 26.3 Å². The average molecular weight is 406 g/mol. The lowest BCUT2D eigenvalue weighted by Gasteiger charge is -2.30. The van der Waals surface area contributed by atoms with Crippen LogP contribution in [0.15, 0.2) is 67.3 Å². The van der Waals surface area contributed by atoms with E-state index in [0.29, 0.717) is 5.56 Å². The number of pyridine rings is 2. The van der Waals surface area contributed by atoms with E-state index in [-0.39, 0.29) is 0 Å². The quantitative estimate of drug-likeness (QED) is 0.510. The molecule has 1 aromatic carbocycles. The lowest BCUT2D eigenvalue weighted by Crippen LogP contribution is -2.32. The monoisotopic (exact) mass is 406 g/mol. The molecule has 152 valence electrons. The van der Waals surface area contributed by atoms with Gasteiger partial charge < -0.3 is 4.90 Å². The van der Waals surface area contributed by atoms with Gasteiger partial charge in [-0.05, 0) is 35.7 Å². The first-order chi connectivity index (χ1) is 15.2. The van der Waals surface area contributed by atoms with Crippen molar-refractivity contribution in [2.24, 2.45) is 0 Å². The zero-order valence-electron chi connectivity index (χ0n) is 17.4. The predicted octanol–water partition coefficient (Wildman–Crippen LogP) is 4.13. The molecule has 3 aromatic heterocycles. The third-order valence-electron chi connectivity index (χ3n) is 5.67. The van der Waals surface area contributed by atoms with Crippen LogP contribution in [0, 0.1) is 18.3 Å². The van der Waals surface area contributed by atoms with Gasteiger partial charge in [-0.3, -0.25) is 9.67 Å². The summed E-state index contributed by atoms with van der Waals surface area (Å²) in [7, 11) is 0. The minimum atomic E-state index is 0.593. The summed E-state index contributed by atoms with van der Waals surface area (Å²) in [5.41, 5.74) is 7.33. The zero-order chi connectivity index (χ0) is 21.2. The van der Waals surface area contributed by atoms with E-state index in [0.717, 1.165) is 54.3 Å². The summed E-state index contributed by atoms with van der Waals surface area (Å²) >= 11 is 0. The van der Waals surface area contributed by atoms with E-state index in [4.69, 9.17) is 10.2 Å². The van der Waals surface area contributed by atoms with Crippen molar-refractivity contribution in [3.8, 4) is 17.2 Å². The molecule has 4 aromatic rings. The van der Waals surface area contributed by atoms with E-state index in [1.165, 1.54) is 11.1 Å². The highest BCUT2D eigenvalue weighted by Crippen LogP contribution is 2.28. The highest BCUT2D eigenvalue weighted by atomic mass is 15.3. The molecule has 31 heavy (non-hydrogen) atoms. The van der Waals surface area contributed by atoms with Gasteiger partial charge in [-0.2, -0.15) is 10.4 Å². The van der Waals surface area contributed by atoms with Gasteiger partial charge >= 0.3 is 0 Å². The second kappa shape index (κ2) is 8.04. The molecule has 0 unspecified atom stereocenters. The Labute approximate surface area is 181 Å². The van der Waals surface area contributed by atoms with Gasteiger partial charge in [-0.25, -0.2) is 4.98 Å². The van der Waals surface area contributed by atoms with Gasteiger partial charge in [0.05, 0.1) is 18.3 Å². The van der Waals surface area contributed by atoms with Crippen molar-refractivity contribution in [1.82, 2.24) is 19.7 Å². The van der Waals surface area contributed by atoms with E-state index < -0.39 is 0 Å². The van der Waals surface area contributed by atoms with Gasteiger partial charge in [0.15, 0.2) is 0 Å². The SMILES string of the molecule is Cc1cc(C#N)cnc1N1CCc2ncc(-c3cnn(Cc4ccccc4)c3)cc2C1. The lowest BCUT2D eigenvalue weighted by molar-refractivity contribution is 0.687. The molecule has 0 aliphatic carbocycles. The fourth-order valence-electron chi connectivity index (χ4n) is 4.09. The number of fused-ring (bicyclic) bond motifs is 1. The molecule has 0 N–H and O–H groups in total. The Kier molecular flexibility index (Phi) is 4.93. The normalized spacial score (nSPS) is 13.0. The first-order valence-corrected chi connectivity index (χ1v) is 10.4. The number of hydrogen-bond acceptors (Lipinski definition) is 5. The van der Waals surface area contributed by atoms with Crippen molar-refractivity contribution in [1.29, 1.82) is 5.26 Å². The molecule has 1 aliphatic rings. The molecule has 4 heterocycles. The molecule has 0 spiro atoms. The van der Waals surface area contributed by atoms with Crippen LogP contribution in [0.3, 0.4) is 0 Å². The minimum Gasteiger partial charge on any atom is -0.352 e. The number of anilines is 1. The first-order valence-electron chi connectivity index (χ1n) is 10.4. The molecular formula is C25H22N6. The van der Waals surface area contributed by atoms with Crippen LogP contribution in [0.25, 0.3) is 11.1 Å². The molecular weight excluding hydrogens is 384 g/mol. The van der Waals surface area contributed by atoms with Gasteiger partial charge in [-0.1, -0.05) is 30.3 Å². The summed E-state index contributed by atoms with van der Waals surface area (Å²) in [5.74, 6) is 0.936. The first kappa shape index (κ1) is 19.0. The van der Waals surface area contributed by atoms with E-state index in [1.54, 1.807) is 6.20 Å². The predicted molar refractivity (Wildman–Crippen MR) is 119 cm³/mol. The third-order valence-corrected chi connectivity index (χ3v) is 5.67. The van der Waals surface area contributed by atoms with E-state index in [1.807, 2.05) is 48.3 Å². The Morgan fingerprint density at radius 2 is 1.90 bits per heavy atom. The molecule has 0 fully saturated rings. The van der Waals surface area contributed by atoms with E-state index >= 15 is 0 Å². The molecule has 0 atom stereocenters. The summed E-state index contributed by atoms with van der Waals surface area (Å²) in [5, 5.41) is 13.6. The van der Waals surface area contributed by atoms with Gasteiger partial charge in [0.2, 0.25) is 0 Å². The largest absolute Gasteiger partial charge is 0.352 e. The Morgan fingerprint density at radius 1 is 1.03 bits per heavy atom. The van der Waals surface area contributed by atoms with E-state index in [2.05, 4.69) is 45.4 Å². The van der Waals surface area contributed by atoms with Crippen LogP contribution >= 0.6 is 0 Å². The molecule has 6 nitrogen and oxygen atoms in total. The highest BCUT2D eigenvalue weighted by molar-refractivity contribution is 5.63. The minimum absolute atomic E-state index is 0.593. The van der Waals surface area contributed by atoms with Gasteiger partial charge in [0.1, 0.15) is 11.9 Å². The van der Waals surface area contributed by atoms with Crippen LogP contribution in [0.1, 0.15) is 27.9 Å². The maximum Gasteiger partial charge on any atom is 0.131 e. The number of aryl methyl sites for hydroxylation is 1. The second-order valence-electron chi connectivity index (χ2n) is 7.89. The van der Waals surface area contributed by atoms with E-state index in [9.17, 15) is 0 Å². The summed E-state index contributed by atoms with van der Waals surface area (Å²) < 4.78 is 1.96. The average Bonchev–Trinajstić information content (AvgIpc) is 3.27. The van der Waals surface area contributed by atoms with Crippen molar-refractivity contribution >= 4 is 5.82 Å². The van der Waals surface area contributed by atoms with Crippen molar-refractivity contribution in [2.45, 2.75) is 26.4 Å². The summed E-state index contributed by atoms with van der Waals surface area (Å²) in [6.45, 7) is 4.38. The number of nitriles is 1. The molecule has 0 amide bonds. The Bertz CT molecular complexity index is 1270. The Morgan fingerprint density at radius 3 is 2.71 bits per heavy atom. The summed E-state index contributed by atoms with van der Waals surface area (Å²) in [6, 6.07) is 16.6.